The molecule has 1 fully saturated rings. The number of nitrogens with one attached hydrogen (secondary N) is 2. The zero-order chi connectivity index (χ0) is 20.1. The van der Waals surface area contributed by atoms with Gasteiger partial charge in [0.15, 0.2) is 0 Å². The maximum absolute atomic E-state index is 14.1. The molecule has 0 bridgehead atoms. The molecule has 2 N–H and O–H groups in total. The molecule has 0 atom stereocenters. The zero-order valence-corrected chi connectivity index (χ0v) is 16.0. The van der Waals surface area contributed by atoms with Crippen LogP contribution in [0.25, 0.3) is 0 Å². The number of rotatable bonds is 5. The lowest BCUT2D eigenvalue weighted by Crippen LogP contribution is -2.25. The van der Waals surface area contributed by atoms with E-state index in [-0.39, 0.29) is 34.5 Å². The molecule has 0 aromatic heterocycles. The van der Waals surface area contributed by atoms with E-state index < -0.39 is 17.5 Å². The molecular weight excluding hydrogens is 386 g/mol. The van der Waals surface area contributed by atoms with Gasteiger partial charge in [-0.3, -0.25) is 9.59 Å². The van der Waals surface area contributed by atoms with Crippen molar-refractivity contribution in [3.8, 4) is 0 Å². The highest BCUT2D eigenvalue weighted by Crippen LogP contribution is 2.27. The lowest BCUT2D eigenvalue weighted by atomic mass is 9.88. The number of hydrogen-bond donors (Lipinski definition) is 2. The van der Waals surface area contributed by atoms with Crippen molar-refractivity contribution in [2.24, 2.45) is 5.92 Å². The Balaban J connectivity index is 1.67. The molecule has 0 unspecified atom stereocenters. The van der Waals surface area contributed by atoms with Crippen LogP contribution in [0.15, 0.2) is 36.4 Å². The topological polar surface area (TPSA) is 58.2 Å². The zero-order valence-electron chi connectivity index (χ0n) is 15.2. The summed E-state index contributed by atoms with van der Waals surface area (Å²) in [5.41, 5.74) is 0.407. The van der Waals surface area contributed by atoms with Gasteiger partial charge in [0.05, 0.1) is 12.1 Å². The highest BCUT2D eigenvalue weighted by atomic mass is 35.5. The van der Waals surface area contributed by atoms with Crippen LogP contribution in [0.3, 0.4) is 0 Å². The number of carbonyl (C=O) groups is 2. The fraction of sp³-hybridized carbons (Fsp3) is 0.333. The van der Waals surface area contributed by atoms with E-state index in [1.54, 1.807) is 0 Å². The lowest BCUT2D eigenvalue weighted by molar-refractivity contribution is -0.120. The Kier molecular flexibility index (Phi) is 6.62. The Morgan fingerprint density at radius 2 is 1.75 bits per heavy atom. The molecule has 0 aliphatic heterocycles. The highest BCUT2D eigenvalue weighted by Gasteiger charge is 2.22. The van der Waals surface area contributed by atoms with E-state index in [0.29, 0.717) is 5.69 Å². The smallest absolute Gasteiger partial charge is 0.228 e. The van der Waals surface area contributed by atoms with E-state index >= 15 is 0 Å². The van der Waals surface area contributed by atoms with Gasteiger partial charge in [-0.2, -0.15) is 0 Å². The number of halogens is 3. The van der Waals surface area contributed by atoms with Crippen molar-refractivity contribution in [1.29, 1.82) is 0 Å². The second-order valence-electron chi connectivity index (χ2n) is 6.94. The second kappa shape index (κ2) is 9.15. The summed E-state index contributed by atoms with van der Waals surface area (Å²) >= 11 is 5.94. The first-order valence-electron chi connectivity index (χ1n) is 9.27. The molecular formula is C21H21ClF2N2O2. The largest absolute Gasteiger partial charge is 0.326 e. The van der Waals surface area contributed by atoms with Crippen molar-refractivity contribution in [2.75, 3.05) is 10.6 Å². The van der Waals surface area contributed by atoms with E-state index in [0.717, 1.165) is 32.1 Å². The maximum atomic E-state index is 14.1. The van der Waals surface area contributed by atoms with Crippen molar-refractivity contribution in [2.45, 2.75) is 38.5 Å². The number of benzene rings is 2. The van der Waals surface area contributed by atoms with Gasteiger partial charge in [-0.15, -0.1) is 0 Å². The maximum Gasteiger partial charge on any atom is 0.228 e. The third-order valence-corrected chi connectivity index (χ3v) is 5.24. The molecule has 28 heavy (non-hydrogen) atoms. The normalized spacial score (nSPS) is 14.5. The summed E-state index contributed by atoms with van der Waals surface area (Å²) in [5.74, 6) is -1.97. The van der Waals surface area contributed by atoms with E-state index in [4.69, 9.17) is 11.6 Å². The standard InChI is InChI=1S/C21H21ClF2N2O2/c22-16-7-4-8-17(23)15(16)12-20(27)25-14-9-10-18(24)19(11-14)26-21(28)13-5-2-1-3-6-13/h4,7-11,13H,1-3,5-6,12H2,(H,25,27)(H,26,28). The summed E-state index contributed by atoms with van der Waals surface area (Å²) in [4.78, 5) is 24.6. The van der Waals surface area contributed by atoms with Gasteiger partial charge in [0, 0.05) is 22.2 Å². The van der Waals surface area contributed by atoms with E-state index in [2.05, 4.69) is 10.6 Å². The van der Waals surface area contributed by atoms with Crippen LogP contribution in [0.1, 0.15) is 37.7 Å². The molecule has 0 saturated heterocycles. The Morgan fingerprint density at radius 1 is 1.00 bits per heavy atom. The van der Waals surface area contributed by atoms with Gasteiger partial charge in [0.2, 0.25) is 11.8 Å². The Hall–Kier alpha value is -2.47. The van der Waals surface area contributed by atoms with Gasteiger partial charge < -0.3 is 10.6 Å². The van der Waals surface area contributed by atoms with Crippen LogP contribution in [-0.4, -0.2) is 11.8 Å². The third kappa shape index (κ3) is 5.07. The predicted octanol–water partition coefficient (Wildman–Crippen LogP) is 5.32. The molecule has 0 radical (unpaired) electrons. The average molecular weight is 407 g/mol. The number of carbonyl (C=O) groups excluding carboxylic acids is 2. The monoisotopic (exact) mass is 406 g/mol. The molecule has 3 rings (SSSR count). The SMILES string of the molecule is O=C(Cc1c(F)cccc1Cl)Nc1ccc(F)c(NC(=O)C2CCCCC2)c1. The molecule has 7 heteroatoms. The molecule has 2 aromatic carbocycles. The predicted molar refractivity (Wildman–Crippen MR) is 105 cm³/mol. The minimum Gasteiger partial charge on any atom is -0.326 e. The van der Waals surface area contributed by atoms with E-state index in [1.807, 2.05) is 0 Å². The van der Waals surface area contributed by atoms with Gasteiger partial charge in [-0.05, 0) is 43.2 Å². The van der Waals surface area contributed by atoms with Gasteiger partial charge in [0.1, 0.15) is 11.6 Å². The molecule has 0 heterocycles. The Morgan fingerprint density at radius 3 is 2.46 bits per heavy atom. The van der Waals surface area contributed by atoms with Gasteiger partial charge in [-0.1, -0.05) is 36.9 Å². The summed E-state index contributed by atoms with van der Waals surface area (Å²) < 4.78 is 27.9. The van der Waals surface area contributed by atoms with Crippen LogP contribution in [-0.2, 0) is 16.0 Å². The number of amides is 2. The lowest BCUT2D eigenvalue weighted by Gasteiger charge is -2.21. The minimum absolute atomic E-state index is 0.0114. The summed E-state index contributed by atoms with van der Waals surface area (Å²) in [5, 5.41) is 5.36. The van der Waals surface area contributed by atoms with Crippen molar-refractivity contribution in [1.82, 2.24) is 0 Å². The number of hydrogen-bond acceptors (Lipinski definition) is 2. The summed E-state index contributed by atoms with van der Waals surface area (Å²) in [6.45, 7) is 0. The fourth-order valence-electron chi connectivity index (χ4n) is 3.37. The molecule has 148 valence electrons. The van der Waals surface area contributed by atoms with Crippen LogP contribution in [0.2, 0.25) is 5.02 Å². The summed E-state index contributed by atoms with van der Waals surface area (Å²) in [7, 11) is 0. The summed E-state index contributed by atoms with van der Waals surface area (Å²) in [6, 6.07) is 8.10. The molecule has 4 nitrogen and oxygen atoms in total. The molecule has 2 aromatic rings. The van der Waals surface area contributed by atoms with Gasteiger partial charge in [0.25, 0.3) is 0 Å². The van der Waals surface area contributed by atoms with Crippen molar-refractivity contribution < 1.29 is 18.4 Å². The quantitative estimate of drug-likeness (QED) is 0.706. The van der Waals surface area contributed by atoms with Crippen LogP contribution < -0.4 is 10.6 Å². The van der Waals surface area contributed by atoms with E-state index in [9.17, 15) is 18.4 Å². The highest BCUT2D eigenvalue weighted by molar-refractivity contribution is 6.31. The molecule has 1 saturated carbocycles. The number of anilines is 2. The van der Waals surface area contributed by atoms with Crippen LogP contribution in [0, 0.1) is 17.6 Å². The van der Waals surface area contributed by atoms with Gasteiger partial charge >= 0.3 is 0 Å². The van der Waals surface area contributed by atoms with Crippen molar-refractivity contribution in [3.05, 3.63) is 58.6 Å². The third-order valence-electron chi connectivity index (χ3n) is 4.88. The Labute approximate surface area is 167 Å². The second-order valence-corrected chi connectivity index (χ2v) is 7.35. The first-order chi connectivity index (χ1) is 13.4. The molecule has 0 spiro atoms. The average Bonchev–Trinajstić information content (AvgIpc) is 2.68. The van der Waals surface area contributed by atoms with Crippen molar-refractivity contribution in [3.63, 3.8) is 0 Å². The Bertz CT molecular complexity index is 862. The molecule has 1 aliphatic carbocycles. The van der Waals surface area contributed by atoms with E-state index in [1.165, 1.54) is 36.4 Å². The molecule has 2 amide bonds. The minimum atomic E-state index is -0.584. The van der Waals surface area contributed by atoms with Gasteiger partial charge in [-0.25, -0.2) is 8.78 Å². The van der Waals surface area contributed by atoms with Crippen LogP contribution in [0.5, 0.6) is 0 Å². The molecule has 1 aliphatic rings. The van der Waals surface area contributed by atoms with Crippen LogP contribution >= 0.6 is 11.6 Å². The fourth-order valence-corrected chi connectivity index (χ4v) is 3.60. The first kappa shape index (κ1) is 20.3. The van der Waals surface area contributed by atoms with Crippen LogP contribution in [0.4, 0.5) is 20.2 Å². The summed E-state index contributed by atoms with van der Waals surface area (Å²) in [6.07, 6.45) is 4.45. The van der Waals surface area contributed by atoms with Crippen molar-refractivity contribution >= 4 is 34.8 Å². The first-order valence-corrected chi connectivity index (χ1v) is 9.65.